The molecule has 0 radical (unpaired) electrons. The second kappa shape index (κ2) is 7.28. The minimum Gasteiger partial charge on any atom is -0.302 e. The number of rotatable bonds is 3. The molecule has 22 heavy (non-hydrogen) atoms. The molecule has 5 heteroatoms. The fourth-order valence-corrected chi connectivity index (χ4v) is 4.33. The summed E-state index contributed by atoms with van der Waals surface area (Å²) in [6.07, 6.45) is 7.32. The van der Waals surface area contributed by atoms with Crippen LogP contribution < -0.4 is 16.1 Å². The first-order valence-corrected chi connectivity index (χ1v) is 9.19. The molecule has 0 bridgehead atoms. The summed E-state index contributed by atoms with van der Waals surface area (Å²) in [6.45, 7) is 7.14. The average molecular weight is 308 g/mol. The van der Waals surface area contributed by atoms with Crippen molar-refractivity contribution < 1.29 is 4.79 Å². The highest BCUT2D eigenvalue weighted by Crippen LogP contribution is 2.35. The van der Waals surface area contributed by atoms with Gasteiger partial charge in [0.1, 0.15) is 0 Å². The van der Waals surface area contributed by atoms with Crippen LogP contribution in [0.2, 0.25) is 0 Å². The molecule has 1 saturated carbocycles. The standard InChI is InChI=1S/C17H32N4O/c1-3-13-8-16(14-6-4-12(2)5-7-14)20-21(17(13)22)15-9-18-11-19-10-15/h12-16,18-20H,3-11H2,1-2H3/t12?,13-,14?,16-/m1/s1. The van der Waals surface area contributed by atoms with Crippen LogP contribution in [-0.2, 0) is 4.79 Å². The highest BCUT2D eigenvalue weighted by atomic mass is 16.2. The summed E-state index contributed by atoms with van der Waals surface area (Å²) in [4.78, 5) is 12.7. The summed E-state index contributed by atoms with van der Waals surface area (Å²) < 4.78 is 0. The van der Waals surface area contributed by atoms with Gasteiger partial charge in [-0.3, -0.25) is 9.80 Å². The van der Waals surface area contributed by atoms with Crippen LogP contribution in [0.1, 0.15) is 52.4 Å². The maximum absolute atomic E-state index is 12.7. The first-order valence-electron chi connectivity index (χ1n) is 9.19. The summed E-state index contributed by atoms with van der Waals surface area (Å²) in [5, 5.41) is 8.65. The largest absolute Gasteiger partial charge is 0.302 e. The fourth-order valence-electron chi connectivity index (χ4n) is 4.33. The molecular weight excluding hydrogens is 276 g/mol. The van der Waals surface area contributed by atoms with Gasteiger partial charge in [0.05, 0.1) is 6.04 Å². The van der Waals surface area contributed by atoms with E-state index in [9.17, 15) is 4.79 Å². The van der Waals surface area contributed by atoms with Crippen LogP contribution in [0.25, 0.3) is 0 Å². The van der Waals surface area contributed by atoms with Crippen molar-refractivity contribution in [1.29, 1.82) is 0 Å². The summed E-state index contributed by atoms with van der Waals surface area (Å²) in [6, 6.07) is 0.720. The lowest BCUT2D eigenvalue weighted by atomic mass is 9.76. The summed E-state index contributed by atoms with van der Waals surface area (Å²) in [5.41, 5.74) is 3.63. The monoisotopic (exact) mass is 308 g/mol. The van der Waals surface area contributed by atoms with E-state index in [2.05, 4.69) is 29.9 Å². The topological polar surface area (TPSA) is 56.4 Å². The molecule has 3 N–H and O–H groups in total. The number of nitrogens with one attached hydrogen (secondary N) is 3. The molecule has 0 unspecified atom stereocenters. The van der Waals surface area contributed by atoms with Crippen molar-refractivity contribution in [3.8, 4) is 0 Å². The second-order valence-corrected chi connectivity index (χ2v) is 7.54. The quantitative estimate of drug-likeness (QED) is 0.739. The van der Waals surface area contributed by atoms with E-state index < -0.39 is 0 Å². The molecule has 0 aromatic carbocycles. The first-order chi connectivity index (χ1) is 10.7. The predicted octanol–water partition coefficient (Wildman–Crippen LogP) is 1.46. The Morgan fingerprint density at radius 3 is 2.45 bits per heavy atom. The third-order valence-electron chi connectivity index (χ3n) is 5.93. The molecule has 2 heterocycles. The lowest BCUT2D eigenvalue weighted by Crippen LogP contribution is -2.67. The normalized spacial score (nSPS) is 38.3. The van der Waals surface area contributed by atoms with Gasteiger partial charge < -0.3 is 10.6 Å². The lowest BCUT2D eigenvalue weighted by molar-refractivity contribution is -0.150. The lowest BCUT2D eigenvalue weighted by Gasteiger charge is -2.46. The zero-order valence-corrected chi connectivity index (χ0v) is 14.1. The van der Waals surface area contributed by atoms with Gasteiger partial charge in [-0.1, -0.05) is 26.7 Å². The minimum atomic E-state index is 0.201. The SMILES string of the molecule is CC[C@@H]1C[C@H](C2CCC(C)CC2)NN(C2CNCNC2)C1=O. The Morgan fingerprint density at radius 1 is 1.14 bits per heavy atom. The van der Waals surface area contributed by atoms with E-state index in [-0.39, 0.29) is 12.0 Å². The molecule has 3 fully saturated rings. The molecular formula is C17H32N4O. The molecule has 126 valence electrons. The van der Waals surface area contributed by atoms with E-state index in [1.54, 1.807) is 0 Å². The van der Waals surface area contributed by atoms with Crippen LogP contribution in [-0.4, -0.2) is 42.8 Å². The molecule has 2 atom stereocenters. The van der Waals surface area contributed by atoms with E-state index in [1.807, 2.05) is 5.01 Å². The van der Waals surface area contributed by atoms with Crippen LogP contribution >= 0.6 is 0 Å². The molecule has 1 aliphatic carbocycles. The fraction of sp³-hybridized carbons (Fsp3) is 0.941. The summed E-state index contributed by atoms with van der Waals surface area (Å²) >= 11 is 0. The Balaban J connectivity index is 1.68. The summed E-state index contributed by atoms with van der Waals surface area (Å²) in [7, 11) is 0. The summed E-state index contributed by atoms with van der Waals surface area (Å²) in [5.74, 6) is 2.13. The maximum atomic E-state index is 12.7. The van der Waals surface area contributed by atoms with E-state index in [1.165, 1.54) is 25.7 Å². The molecule has 0 aromatic heterocycles. The van der Waals surface area contributed by atoms with Crippen LogP contribution in [0, 0.1) is 17.8 Å². The Hall–Kier alpha value is -0.650. The van der Waals surface area contributed by atoms with Crippen molar-refractivity contribution >= 4 is 5.91 Å². The number of nitrogens with zero attached hydrogens (tertiary/aromatic N) is 1. The van der Waals surface area contributed by atoms with Crippen LogP contribution in [0.5, 0.6) is 0 Å². The average Bonchev–Trinajstić information content (AvgIpc) is 2.57. The Kier molecular flexibility index (Phi) is 5.37. The molecule has 2 aliphatic heterocycles. The van der Waals surface area contributed by atoms with E-state index in [0.29, 0.717) is 11.9 Å². The van der Waals surface area contributed by atoms with Crippen molar-refractivity contribution in [3.63, 3.8) is 0 Å². The second-order valence-electron chi connectivity index (χ2n) is 7.54. The number of hydrazine groups is 1. The molecule has 0 aromatic rings. The van der Waals surface area contributed by atoms with Crippen LogP contribution in [0.4, 0.5) is 0 Å². The molecule has 3 rings (SSSR count). The van der Waals surface area contributed by atoms with Crippen molar-refractivity contribution in [3.05, 3.63) is 0 Å². The number of hydrogen-bond acceptors (Lipinski definition) is 4. The molecule has 0 spiro atoms. The number of amides is 1. The first kappa shape index (κ1) is 16.2. The third kappa shape index (κ3) is 3.47. The molecule has 2 saturated heterocycles. The highest BCUT2D eigenvalue weighted by Gasteiger charge is 2.40. The maximum Gasteiger partial charge on any atom is 0.240 e. The third-order valence-corrected chi connectivity index (χ3v) is 5.93. The van der Waals surface area contributed by atoms with Gasteiger partial charge in [-0.25, -0.2) is 5.43 Å². The van der Waals surface area contributed by atoms with Gasteiger partial charge in [-0.15, -0.1) is 0 Å². The highest BCUT2D eigenvalue weighted by molar-refractivity contribution is 5.79. The smallest absolute Gasteiger partial charge is 0.240 e. The van der Waals surface area contributed by atoms with Gasteiger partial charge in [0, 0.05) is 31.7 Å². The number of carbonyl (C=O) groups excluding carboxylic acids is 1. The van der Waals surface area contributed by atoms with Gasteiger partial charge in [-0.05, 0) is 37.5 Å². The van der Waals surface area contributed by atoms with E-state index in [4.69, 9.17) is 0 Å². The Bertz CT molecular complexity index is 375. The van der Waals surface area contributed by atoms with Gasteiger partial charge >= 0.3 is 0 Å². The van der Waals surface area contributed by atoms with Gasteiger partial charge in [0.15, 0.2) is 0 Å². The predicted molar refractivity (Wildman–Crippen MR) is 88.0 cm³/mol. The number of hydrogen-bond donors (Lipinski definition) is 3. The molecule has 3 aliphatic rings. The minimum absolute atomic E-state index is 0.201. The number of carbonyl (C=O) groups is 1. The van der Waals surface area contributed by atoms with E-state index >= 15 is 0 Å². The van der Waals surface area contributed by atoms with Gasteiger partial charge in [0.25, 0.3) is 0 Å². The van der Waals surface area contributed by atoms with Gasteiger partial charge in [0.2, 0.25) is 5.91 Å². The van der Waals surface area contributed by atoms with Gasteiger partial charge in [-0.2, -0.15) is 0 Å². The van der Waals surface area contributed by atoms with Crippen molar-refractivity contribution in [1.82, 2.24) is 21.1 Å². The molecule has 1 amide bonds. The van der Waals surface area contributed by atoms with Crippen molar-refractivity contribution in [2.75, 3.05) is 19.8 Å². The van der Waals surface area contributed by atoms with E-state index in [0.717, 1.165) is 44.4 Å². The Labute approximate surface area is 134 Å². The van der Waals surface area contributed by atoms with Crippen LogP contribution in [0.3, 0.4) is 0 Å². The molecule has 5 nitrogen and oxygen atoms in total. The van der Waals surface area contributed by atoms with Crippen LogP contribution in [0.15, 0.2) is 0 Å². The zero-order valence-electron chi connectivity index (χ0n) is 14.1. The Morgan fingerprint density at radius 2 is 1.82 bits per heavy atom. The zero-order chi connectivity index (χ0) is 15.5. The van der Waals surface area contributed by atoms with Crippen molar-refractivity contribution in [2.24, 2.45) is 17.8 Å². The van der Waals surface area contributed by atoms with Crippen molar-refractivity contribution in [2.45, 2.75) is 64.5 Å².